The Bertz CT molecular complexity index is 528. The van der Waals surface area contributed by atoms with Crippen LogP contribution in [-0.2, 0) is 6.54 Å². The Labute approximate surface area is 104 Å². The molecule has 96 valence electrons. The molecule has 2 aromatic heterocycles. The van der Waals surface area contributed by atoms with E-state index < -0.39 is 0 Å². The number of nitrogens with two attached hydrogens (primary N) is 1. The second-order valence-corrected chi connectivity index (χ2v) is 4.27. The van der Waals surface area contributed by atoms with Gasteiger partial charge in [0.25, 0.3) is 5.91 Å². The normalized spacial score (nSPS) is 10.8. The monoisotopic (exact) mass is 248 g/mol. The molecule has 5 N–H and O–H groups in total. The van der Waals surface area contributed by atoms with Crippen LogP contribution in [0.4, 0.5) is 5.69 Å². The third-order valence-corrected chi connectivity index (χ3v) is 2.60. The van der Waals surface area contributed by atoms with Crippen molar-refractivity contribution in [1.82, 2.24) is 25.5 Å². The second-order valence-electron chi connectivity index (χ2n) is 4.27. The van der Waals surface area contributed by atoms with Gasteiger partial charge in [-0.1, -0.05) is 13.8 Å². The molecule has 0 saturated heterocycles. The average Bonchev–Trinajstić information content (AvgIpc) is 2.94. The molecule has 0 aromatic carbocycles. The number of carbonyl (C=O) groups excluding carboxylic acids is 1. The van der Waals surface area contributed by atoms with Crippen LogP contribution in [0.1, 0.15) is 41.8 Å². The fourth-order valence-corrected chi connectivity index (χ4v) is 1.62. The number of aromatic amines is 2. The van der Waals surface area contributed by atoms with Gasteiger partial charge in [0.15, 0.2) is 5.69 Å². The number of nitrogen functional groups attached to an aromatic ring is 1. The Hall–Kier alpha value is -2.31. The topological polar surface area (TPSA) is 112 Å². The van der Waals surface area contributed by atoms with Crippen LogP contribution in [0, 0.1) is 0 Å². The minimum Gasteiger partial charge on any atom is -0.395 e. The van der Waals surface area contributed by atoms with E-state index in [9.17, 15) is 4.79 Å². The molecule has 0 aliphatic carbocycles. The molecule has 0 atom stereocenters. The molecule has 2 aromatic rings. The van der Waals surface area contributed by atoms with Crippen LogP contribution in [-0.4, -0.2) is 26.1 Å². The number of aromatic nitrogens is 4. The maximum Gasteiger partial charge on any atom is 0.274 e. The zero-order valence-electron chi connectivity index (χ0n) is 10.3. The lowest BCUT2D eigenvalue weighted by molar-refractivity contribution is 0.0946. The van der Waals surface area contributed by atoms with Crippen LogP contribution in [0.25, 0.3) is 0 Å². The summed E-state index contributed by atoms with van der Waals surface area (Å²) in [5, 5.41) is 9.43. The van der Waals surface area contributed by atoms with Crippen LogP contribution in [0.2, 0.25) is 0 Å². The number of amides is 1. The van der Waals surface area contributed by atoms with E-state index in [-0.39, 0.29) is 17.5 Å². The minimum absolute atomic E-state index is 0.198. The number of rotatable bonds is 4. The summed E-state index contributed by atoms with van der Waals surface area (Å²) in [5.41, 5.74) is 7.28. The van der Waals surface area contributed by atoms with E-state index in [0.717, 1.165) is 5.69 Å². The Kier molecular flexibility index (Phi) is 3.31. The fourth-order valence-electron chi connectivity index (χ4n) is 1.62. The van der Waals surface area contributed by atoms with E-state index in [0.29, 0.717) is 18.1 Å². The highest BCUT2D eigenvalue weighted by Gasteiger charge is 2.18. The lowest BCUT2D eigenvalue weighted by Gasteiger charge is -2.03. The van der Waals surface area contributed by atoms with Gasteiger partial charge in [-0.3, -0.25) is 9.89 Å². The molecule has 2 rings (SSSR count). The van der Waals surface area contributed by atoms with Gasteiger partial charge in [-0.05, 0) is 5.92 Å². The minimum atomic E-state index is -0.313. The summed E-state index contributed by atoms with van der Waals surface area (Å²) in [5.74, 6) is 0.567. The first-order chi connectivity index (χ1) is 8.59. The highest BCUT2D eigenvalue weighted by Crippen LogP contribution is 2.21. The first-order valence-corrected chi connectivity index (χ1v) is 5.69. The molecule has 0 unspecified atom stereocenters. The summed E-state index contributed by atoms with van der Waals surface area (Å²) in [6.07, 6.45) is 3.32. The van der Waals surface area contributed by atoms with Gasteiger partial charge in [0.05, 0.1) is 17.9 Å². The van der Waals surface area contributed by atoms with Crippen molar-refractivity contribution in [3.05, 3.63) is 29.6 Å². The number of hydrogen-bond donors (Lipinski definition) is 4. The molecule has 7 nitrogen and oxygen atoms in total. The molecule has 0 radical (unpaired) electrons. The van der Waals surface area contributed by atoms with Crippen molar-refractivity contribution in [2.24, 2.45) is 0 Å². The molecule has 0 aliphatic rings. The van der Waals surface area contributed by atoms with Gasteiger partial charge in [0.1, 0.15) is 5.82 Å². The lowest BCUT2D eigenvalue weighted by atomic mass is 10.1. The summed E-state index contributed by atoms with van der Waals surface area (Å²) >= 11 is 0. The van der Waals surface area contributed by atoms with Crippen LogP contribution in [0.15, 0.2) is 12.4 Å². The van der Waals surface area contributed by atoms with Crippen molar-refractivity contribution >= 4 is 11.6 Å². The summed E-state index contributed by atoms with van der Waals surface area (Å²) in [7, 11) is 0. The zero-order chi connectivity index (χ0) is 13.1. The third kappa shape index (κ3) is 2.34. The van der Waals surface area contributed by atoms with Crippen molar-refractivity contribution in [3.8, 4) is 0 Å². The number of H-pyrrole nitrogens is 2. The lowest BCUT2D eigenvalue weighted by Crippen LogP contribution is -2.24. The molecule has 7 heteroatoms. The Morgan fingerprint density at radius 2 is 2.33 bits per heavy atom. The van der Waals surface area contributed by atoms with Gasteiger partial charge in [-0.15, -0.1) is 0 Å². The van der Waals surface area contributed by atoms with Crippen LogP contribution in [0.5, 0.6) is 0 Å². The summed E-state index contributed by atoms with van der Waals surface area (Å²) in [6, 6.07) is 0. The first-order valence-electron chi connectivity index (χ1n) is 5.69. The number of imidazole rings is 1. The van der Waals surface area contributed by atoms with Crippen molar-refractivity contribution in [3.63, 3.8) is 0 Å². The van der Waals surface area contributed by atoms with Gasteiger partial charge >= 0.3 is 0 Å². The fraction of sp³-hybridized carbons (Fsp3) is 0.364. The molecule has 2 heterocycles. The molecule has 0 saturated carbocycles. The number of nitrogens with zero attached hydrogens (tertiary/aromatic N) is 2. The molecular weight excluding hydrogens is 232 g/mol. The number of nitrogens with one attached hydrogen (secondary N) is 3. The maximum atomic E-state index is 11.9. The zero-order valence-corrected chi connectivity index (χ0v) is 10.3. The summed E-state index contributed by atoms with van der Waals surface area (Å²) in [4.78, 5) is 18.8. The van der Waals surface area contributed by atoms with Gasteiger partial charge < -0.3 is 16.0 Å². The average molecular weight is 248 g/mol. The standard InChI is InChI=1S/C11H16N6O/c1-6(2)9-8(12)10(17-16-9)11(18)15-5-7-13-3-4-14-7/h3-4,6H,5,12H2,1-2H3,(H,13,14)(H,15,18)(H,16,17). The highest BCUT2D eigenvalue weighted by atomic mass is 16.1. The first kappa shape index (κ1) is 12.2. The van der Waals surface area contributed by atoms with E-state index in [2.05, 4.69) is 25.5 Å². The number of hydrogen-bond acceptors (Lipinski definition) is 4. The quantitative estimate of drug-likeness (QED) is 0.640. The second kappa shape index (κ2) is 4.91. The highest BCUT2D eigenvalue weighted by molar-refractivity contribution is 5.97. The van der Waals surface area contributed by atoms with Crippen molar-refractivity contribution < 1.29 is 4.79 Å². The largest absolute Gasteiger partial charge is 0.395 e. The Morgan fingerprint density at radius 1 is 1.56 bits per heavy atom. The van der Waals surface area contributed by atoms with E-state index in [4.69, 9.17) is 5.73 Å². The smallest absolute Gasteiger partial charge is 0.274 e. The molecule has 0 spiro atoms. The molecular formula is C11H16N6O. The van der Waals surface area contributed by atoms with Crippen LogP contribution >= 0.6 is 0 Å². The van der Waals surface area contributed by atoms with Gasteiger partial charge in [0, 0.05) is 12.4 Å². The van der Waals surface area contributed by atoms with Crippen molar-refractivity contribution in [2.75, 3.05) is 5.73 Å². The molecule has 0 aliphatic heterocycles. The van der Waals surface area contributed by atoms with E-state index in [1.165, 1.54) is 0 Å². The van der Waals surface area contributed by atoms with E-state index >= 15 is 0 Å². The molecule has 0 bridgehead atoms. The third-order valence-electron chi connectivity index (χ3n) is 2.60. The van der Waals surface area contributed by atoms with Gasteiger partial charge in [-0.2, -0.15) is 5.10 Å². The van der Waals surface area contributed by atoms with Gasteiger partial charge in [-0.25, -0.2) is 4.98 Å². The predicted molar refractivity (Wildman–Crippen MR) is 66.8 cm³/mol. The van der Waals surface area contributed by atoms with E-state index in [1.807, 2.05) is 13.8 Å². The number of anilines is 1. The van der Waals surface area contributed by atoms with Gasteiger partial charge in [0.2, 0.25) is 0 Å². The van der Waals surface area contributed by atoms with Crippen LogP contribution in [0.3, 0.4) is 0 Å². The Morgan fingerprint density at radius 3 is 2.89 bits per heavy atom. The summed E-state index contributed by atoms with van der Waals surface area (Å²) in [6.45, 7) is 4.28. The Balaban J connectivity index is 2.05. The SMILES string of the molecule is CC(C)c1[nH]nc(C(=O)NCc2ncc[nH]2)c1N. The molecule has 18 heavy (non-hydrogen) atoms. The van der Waals surface area contributed by atoms with E-state index in [1.54, 1.807) is 12.4 Å². The van der Waals surface area contributed by atoms with Crippen molar-refractivity contribution in [2.45, 2.75) is 26.3 Å². The molecule has 1 amide bonds. The van der Waals surface area contributed by atoms with Crippen molar-refractivity contribution in [1.29, 1.82) is 0 Å². The summed E-state index contributed by atoms with van der Waals surface area (Å²) < 4.78 is 0. The maximum absolute atomic E-state index is 11.9. The number of carbonyl (C=O) groups is 1. The van der Waals surface area contributed by atoms with Crippen LogP contribution < -0.4 is 11.1 Å². The predicted octanol–water partition coefficient (Wildman–Crippen LogP) is 0.768. The molecule has 0 fully saturated rings.